The Bertz CT molecular complexity index is 272. The van der Waals surface area contributed by atoms with Gasteiger partial charge in [-0.3, -0.25) is 0 Å². The normalized spacial score (nSPS) is 33.9. The molecule has 0 aromatic heterocycles. The smallest absolute Gasteiger partial charge is 0.317 e. The number of carbonyl (C=O) groups excluding carboxylic acids is 1. The highest BCUT2D eigenvalue weighted by Gasteiger charge is 2.27. The number of urea groups is 1. The van der Waals surface area contributed by atoms with Crippen LogP contribution in [0.2, 0.25) is 0 Å². The van der Waals surface area contributed by atoms with E-state index in [2.05, 4.69) is 19.2 Å². The first-order valence-corrected chi connectivity index (χ1v) is 7.72. The number of hydrogen-bond acceptors (Lipinski definition) is 1. The average Bonchev–Trinajstić information content (AvgIpc) is 2.61. The molecule has 2 amide bonds. The molecule has 18 heavy (non-hydrogen) atoms. The van der Waals surface area contributed by atoms with Crippen LogP contribution in [0.1, 0.15) is 58.8 Å². The topological polar surface area (TPSA) is 32.3 Å². The number of rotatable bonds is 1. The maximum absolute atomic E-state index is 12.3. The van der Waals surface area contributed by atoms with E-state index in [9.17, 15) is 4.79 Å². The fraction of sp³-hybridized carbons (Fsp3) is 0.933. The number of hydrogen-bond donors (Lipinski definition) is 1. The summed E-state index contributed by atoms with van der Waals surface area (Å²) < 4.78 is 0. The van der Waals surface area contributed by atoms with Crippen LogP contribution in [0, 0.1) is 11.8 Å². The monoisotopic (exact) mass is 252 g/mol. The van der Waals surface area contributed by atoms with E-state index in [1.807, 2.05) is 4.90 Å². The first kappa shape index (κ1) is 13.7. The zero-order valence-corrected chi connectivity index (χ0v) is 12.0. The van der Waals surface area contributed by atoms with Gasteiger partial charge in [0.25, 0.3) is 0 Å². The Kier molecular flexibility index (Phi) is 4.90. The van der Waals surface area contributed by atoms with E-state index < -0.39 is 0 Å². The molecule has 0 spiro atoms. The highest BCUT2D eigenvalue weighted by atomic mass is 16.2. The van der Waals surface area contributed by atoms with Gasteiger partial charge in [0.2, 0.25) is 0 Å². The van der Waals surface area contributed by atoms with Crippen LogP contribution in [0.5, 0.6) is 0 Å². The predicted molar refractivity (Wildman–Crippen MR) is 74.5 cm³/mol. The summed E-state index contributed by atoms with van der Waals surface area (Å²) in [5.74, 6) is 1.45. The molecule has 0 aromatic rings. The number of likely N-dealkylation sites (tertiary alicyclic amines) is 1. The number of nitrogens with zero attached hydrogens (tertiary/aromatic N) is 1. The van der Waals surface area contributed by atoms with Crippen molar-refractivity contribution >= 4 is 6.03 Å². The van der Waals surface area contributed by atoms with Crippen LogP contribution in [0.3, 0.4) is 0 Å². The summed E-state index contributed by atoms with van der Waals surface area (Å²) in [6.45, 7) is 6.50. The van der Waals surface area contributed by atoms with Crippen LogP contribution in [-0.2, 0) is 0 Å². The van der Waals surface area contributed by atoms with E-state index in [1.54, 1.807) is 0 Å². The second-order valence-corrected chi connectivity index (χ2v) is 6.35. The molecule has 2 fully saturated rings. The summed E-state index contributed by atoms with van der Waals surface area (Å²) >= 11 is 0. The summed E-state index contributed by atoms with van der Waals surface area (Å²) in [6.07, 6.45) is 8.57. The molecular weight excluding hydrogens is 224 g/mol. The Morgan fingerprint density at radius 1 is 1.06 bits per heavy atom. The zero-order valence-electron chi connectivity index (χ0n) is 12.0. The molecular formula is C15H28N2O. The van der Waals surface area contributed by atoms with Gasteiger partial charge < -0.3 is 10.2 Å². The van der Waals surface area contributed by atoms with E-state index in [0.29, 0.717) is 12.0 Å². The minimum Gasteiger partial charge on any atom is -0.335 e. The van der Waals surface area contributed by atoms with E-state index in [-0.39, 0.29) is 6.03 Å². The van der Waals surface area contributed by atoms with Gasteiger partial charge in [-0.15, -0.1) is 0 Å². The third-order valence-electron chi connectivity index (χ3n) is 4.63. The van der Waals surface area contributed by atoms with Crippen molar-refractivity contribution in [3.8, 4) is 0 Å². The average molecular weight is 252 g/mol. The Labute approximate surface area is 111 Å². The number of carbonyl (C=O) groups is 1. The SMILES string of the molecule is CC1CCC(NC(=O)N2CCCCCC2)C(C)C1. The predicted octanol–water partition coefficient (Wildman–Crippen LogP) is 3.40. The second kappa shape index (κ2) is 6.44. The Balaban J connectivity index is 1.82. The molecule has 2 aliphatic rings. The van der Waals surface area contributed by atoms with Crippen molar-refractivity contribution in [3.63, 3.8) is 0 Å². The van der Waals surface area contributed by atoms with Crippen molar-refractivity contribution in [2.45, 2.75) is 64.8 Å². The van der Waals surface area contributed by atoms with Gasteiger partial charge in [0, 0.05) is 19.1 Å². The molecule has 1 aliphatic heterocycles. The van der Waals surface area contributed by atoms with Gasteiger partial charge in [0.05, 0.1) is 0 Å². The molecule has 0 aromatic carbocycles. The molecule has 3 nitrogen and oxygen atoms in total. The van der Waals surface area contributed by atoms with E-state index in [4.69, 9.17) is 0 Å². The lowest BCUT2D eigenvalue weighted by Gasteiger charge is -2.34. The van der Waals surface area contributed by atoms with Crippen molar-refractivity contribution < 1.29 is 4.79 Å². The molecule has 3 atom stereocenters. The third-order valence-corrected chi connectivity index (χ3v) is 4.63. The lowest BCUT2D eigenvalue weighted by Crippen LogP contribution is -2.48. The van der Waals surface area contributed by atoms with Crippen molar-refractivity contribution in [2.75, 3.05) is 13.1 Å². The molecule has 1 aliphatic carbocycles. The first-order chi connectivity index (χ1) is 8.66. The third kappa shape index (κ3) is 3.63. The molecule has 1 heterocycles. The van der Waals surface area contributed by atoms with Gasteiger partial charge in [-0.1, -0.05) is 26.7 Å². The van der Waals surface area contributed by atoms with Gasteiger partial charge in [-0.2, -0.15) is 0 Å². The van der Waals surface area contributed by atoms with Gasteiger partial charge in [0.1, 0.15) is 0 Å². The van der Waals surface area contributed by atoms with Crippen LogP contribution in [0.4, 0.5) is 4.79 Å². The van der Waals surface area contributed by atoms with Crippen LogP contribution < -0.4 is 5.32 Å². The molecule has 3 heteroatoms. The van der Waals surface area contributed by atoms with Crippen LogP contribution in [0.15, 0.2) is 0 Å². The zero-order chi connectivity index (χ0) is 13.0. The Morgan fingerprint density at radius 2 is 1.72 bits per heavy atom. The Morgan fingerprint density at radius 3 is 2.33 bits per heavy atom. The van der Waals surface area contributed by atoms with Gasteiger partial charge >= 0.3 is 6.03 Å². The van der Waals surface area contributed by atoms with Crippen molar-refractivity contribution in [1.82, 2.24) is 10.2 Å². The Hall–Kier alpha value is -0.730. The van der Waals surface area contributed by atoms with Gasteiger partial charge in [0.15, 0.2) is 0 Å². The van der Waals surface area contributed by atoms with Crippen molar-refractivity contribution in [2.24, 2.45) is 11.8 Å². The molecule has 1 saturated carbocycles. The van der Waals surface area contributed by atoms with E-state index in [1.165, 1.54) is 38.5 Å². The molecule has 0 radical (unpaired) electrons. The molecule has 2 rings (SSSR count). The minimum absolute atomic E-state index is 0.184. The quantitative estimate of drug-likeness (QED) is 0.762. The lowest BCUT2D eigenvalue weighted by atomic mass is 9.80. The van der Waals surface area contributed by atoms with E-state index in [0.717, 1.165) is 25.4 Å². The van der Waals surface area contributed by atoms with Crippen molar-refractivity contribution in [3.05, 3.63) is 0 Å². The lowest BCUT2D eigenvalue weighted by molar-refractivity contribution is 0.176. The summed E-state index contributed by atoms with van der Waals surface area (Å²) in [4.78, 5) is 14.3. The summed E-state index contributed by atoms with van der Waals surface area (Å²) in [6, 6.07) is 0.584. The summed E-state index contributed by atoms with van der Waals surface area (Å²) in [7, 11) is 0. The first-order valence-electron chi connectivity index (χ1n) is 7.72. The van der Waals surface area contributed by atoms with Crippen LogP contribution in [0.25, 0.3) is 0 Å². The summed E-state index contributed by atoms with van der Waals surface area (Å²) in [5, 5.41) is 3.27. The molecule has 3 unspecified atom stereocenters. The maximum atomic E-state index is 12.3. The molecule has 104 valence electrons. The van der Waals surface area contributed by atoms with E-state index >= 15 is 0 Å². The molecule has 0 bridgehead atoms. The van der Waals surface area contributed by atoms with Crippen molar-refractivity contribution in [1.29, 1.82) is 0 Å². The standard InChI is InChI=1S/C15H28N2O/c1-12-7-8-14(13(2)11-12)16-15(18)17-9-5-3-4-6-10-17/h12-14H,3-11H2,1-2H3,(H,16,18). The minimum atomic E-state index is 0.184. The fourth-order valence-corrected chi connectivity index (χ4v) is 3.40. The van der Waals surface area contributed by atoms with Gasteiger partial charge in [-0.05, 0) is 43.9 Å². The molecule has 1 N–H and O–H groups in total. The largest absolute Gasteiger partial charge is 0.335 e. The second-order valence-electron chi connectivity index (χ2n) is 6.35. The summed E-state index contributed by atoms with van der Waals surface area (Å²) in [5.41, 5.74) is 0. The van der Waals surface area contributed by atoms with Crippen LogP contribution in [-0.4, -0.2) is 30.1 Å². The number of amides is 2. The highest BCUT2D eigenvalue weighted by molar-refractivity contribution is 5.74. The highest BCUT2D eigenvalue weighted by Crippen LogP contribution is 2.28. The van der Waals surface area contributed by atoms with Gasteiger partial charge in [-0.25, -0.2) is 4.79 Å². The molecule has 1 saturated heterocycles. The number of nitrogens with one attached hydrogen (secondary N) is 1. The maximum Gasteiger partial charge on any atom is 0.317 e. The van der Waals surface area contributed by atoms with Crippen LogP contribution >= 0.6 is 0 Å². The fourth-order valence-electron chi connectivity index (χ4n) is 3.40.